The van der Waals surface area contributed by atoms with Gasteiger partial charge in [-0.1, -0.05) is 0 Å². The third-order valence-electron chi connectivity index (χ3n) is 2.64. The maximum absolute atomic E-state index is 10.9. The Balaban J connectivity index is 2.24. The summed E-state index contributed by atoms with van der Waals surface area (Å²) in [6, 6.07) is 2.06. The number of hydrogen-bond acceptors (Lipinski definition) is 5. The van der Waals surface area contributed by atoms with Gasteiger partial charge in [-0.15, -0.1) is 11.8 Å². The van der Waals surface area contributed by atoms with E-state index in [4.69, 9.17) is 14.7 Å². The van der Waals surface area contributed by atoms with E-state index in [1.54, 1.807) is 11.8 Å². The van der Waals surface area contributed by atoms with Crippen molar-refractivity contribution in [3.63, 3.8) is 0 Å². The van der Waals surface area contributed by atoms with Gasteiger partial charge in [0, 0.05) is 18.2 Å². The molecule has 1 fully saturated rings. The molecule has 3 atom stereocenters. The second-order valence-corrected chi connectivity index (χ2v) is 4.50. The molecule has 0 aromatic carbocycles. The number of nitrogens with zero attached hydrogens (tertiary/aromatic N) is 1. The number of thioether (sulfide) groups is 1. The largest absolute Gasteiger partial charge is 0.440 e. The van der Waals surface area contributed by atoms with E-state index in [0.717, 1.165) is 4.91 Å². The van der Waals surface area contributed by atoms with Crippen molar-refractivity contribution in [1.82, 2.24) is 0 Å². The SMILES string of the molecule is CSC1=CC2OC1CC2(C#N)OC(C)=O. The van der Waals surface area contributed by atoms with Crippen LogP contribution >= 0.6 is 11.8 Å². The molecule has 5 heteroatoms. The summed E-state index contributed by atoms with van der Waals surface area (Å²) in [5, 5.41) is 9.10. The molecule has 0 N–H and O–H groups in total. The first-order valence-electron chi connectivity index (χ1n) is 4.63. The van der Waals surface area contributed by atoms with Crippen LogP contribution in [0.3, 0.4) is 0 Å². The van der Waals surface area contributed by atoms with Crippen LogP contribution < -0.4 is 0 Å². The molecule has 2 rings (SSSR count). The van der Waals surface area contributed by atoms with E-state index in [-0.39, 0.29) is 6.10 Å². The van der Waals surface area contributed by atoms with E-state index < -0.39 is 17.7 Å². The summed E-state index contributed by atoms with van der Waals surface area (Å²) < 4.78 is 10.7. The molecule has 2 bridgehead atoms. The van der Waals surface area contributed by atoms with Crippen molar-refractivity contribution in [2.24, 2.45) is 0 Å². The Hall–Kier alpha value is -0.990. The number of rotatable bonds is 2. The van der Waals surface area contributed by atoms with Crippen molar-refractivity contribution in [1.29, 1.82) is 5.26 Å². The molecule has 0 aliphatic carbocycles. The monoisotopic (exact) mass is 225 g/mol. The van der Waals surface area contributed by atoms with E-state index in [1.807, 2.05) is 12.3 Å². The molecule has 0 saturated carbocycles. The Labute approximate surface area is 92.2 Å². The predicted molar refractivity (Wildman–Crippen MR) is 55.0 cm³/mol. The summed E-state index contributed by atoms with van der Waals surface area (Å²) in [6.45, 7) is 1.31. The lowest BCUT2D eigenvalue weighted by Gasteiger charge is -2.25. The molecule has 0 aromatic rings. The van der Waals surface area contributed by atoms with E-state index in [0.29, 0.717) is 6.42 Å². The number of ether oxygens (including phenoxy) is 2. The molecule has 4 nitrogen and oxygen atoms in total. The lowest BCUT2D eigenvalue weighted by molar-refractivity contribution is -0.154. The summed E-state index contributed by atoms with van der Waals surface area (Å²) in [7, 11) is 0. The molecule has 0 spiro atoms. The van der Waals surface area contributed by atoms with Gasteiger partial charge in [-0.25, -0.2) is 0 Å². The van der Waals surface area contributed by atoms with Crippen LogP contribution in [0.1, 0.15) is 13.3 Å². The molecule has 0 radical (unpaired) electrons. The first-order chi connectivity index (χ1) is 7.11. The highest BCUT2D eigenvalue weighted by Gasteiger charge is 2.55. The summed E-state index contributed by atoms with van der Waals surface area (Å²) in [5.41, 5.74) is -1.10. The van der Waals surface area contributed by atoms with Crippen molar-refractivity contribution in [3.05, 3.63) is 11.0 Å². The van der Waals surface area contributed by atoms with Gasteiger partial charge in [-0.05, 0) is 12.3 Å². The third kappa shape index (κ3) is 1.54. The van der Waals surface area contributed by atoms with Gasteiger partial charge in [0.15, 0.2) is 0 Å². The highest BCUT2D eigenvalue weighted by atomic mass is 32.2. The van der Waals surface area contributed by atoms with Crippen LogP contribution in [0.4, 0.5) is 0 Å². The zero-order valence-electron chi connectivity index (χ0n) is 8.52. The molecule has 0 amide bonds. The molecule has 2 aliphatic heterocycles. The lowest BCUT2D eigenvalue weighted by atomic mass is 9.90. The Kier molecular flexibility index (Phi) is 2.49. The van der Waals surface area contributed by atoms with Crippen molar-refractivity contribution in [2.45, 2.75) is 31.2 Å². The summed E-state index contributed by atoms with van der Waals surface area (Å²) in [5.74, 6) is -0.438. The van der Waals surface area contributed by atoms with Crippen LogP contribution in [-0.4, -0.2) is 30.0 Å². The second-order valence-electron chi connectivity index (χ2n) is 3.62. The number of esters is 1. The highest BCUT2D eigenvalue weighted by molar-refractivity contribution is 8.02. The Morgan fingerprint density at radius 2 is 2.60 bits per heavy atom. The number of carbonyl (C=O) groups is 1. The molecule has 2 aliphatic rings. The zero-order chi connectivity index (χ0) is 11.1. The molecule has 15 heavy (non-hydrogen) atoms. The standard InChI is InChI=1S/C10H11NO3S/c1-6(12)14-10(5-11)4-7-8(15-2)3-9(10)13-7/h3,7,9H,4H2,1-2H3. The molecular weight excluding hydrogens is 214 g/mol. The van der Waals surface area contributed by atoms with E-state index in [1.165, 1.54) is 6.92 Å². The van der Waals surface area contributed by atoms with E-state index in [9.17, 15) is 4.79 Å². The summed E-state index contributed by atoms with van der Waals surface area (Å²) in [4.78, 5) is 12.1. The van der Waals surface area contributed by atoms with Crippen molar-refractivity contribution in [2.75, 3.05) is 6.26 Å². The van der Waals surface area contributed by atoms with Gasteiger partial charge in [-0.2, -0.15) is 5.26 Å². The van der Waals surface area contributed by atoms with Crippen LogP contribution in [0.15, 0.2) is 11.0 Å². The van der Waals surface area contributed by atoms with Crippen molar-refractivity contribution >= 4 is 17.7 Å². The predicted octanol–water partition coefficient (Wildman–Crippen LogP) is 1.23. The number of nitriles is 1. The molecule has 0 aromatic heterocycles. The van der Waals surface area contributed by atoms with Gasteiger partial charge in [0.25, 0.3) is 0 Å². The molecule has 3 unspecified atom stereocenters. The van der Waals surface area contributed by atoms with Gasteiger partial charge in [0.1, 0.15) is 12.2 Å². The van der Waals surface area contributed by atoms with Gasteiger partial charge < -0.3 is 9.47 Å². The number of carbonyl (C=O) groups excluding carboxylic acids is 1. The first-order valence-corrected chi connectivity index (χ1v) is 5.86. The average Bonchev–Trinajstić information content (AvgIpc) is 2.73. The number of fused-ring (bicyclic) bond motifs is 2. The highest BCUT2D eigenvalue weighted by Crippen LogP contribution is 2.45. The molecule has 80 valence electrons. The lowest BCUT2D eigenvalue weighted by Crippen LogP contribution is -2.41. The fourth-order valence-corrected chi connectivity index (χ4v) is 2.67. The first kappa shape index (κ1) is 10.5. The van der Waals surface area contributed by atoms with Crippen LogP contribution in [0.5, 0.6) is 0 Å². The fraction of sp³-hybridized carbons (Fsp3) is 0.600. The van der Waals surface area contributed by atoms with Crippen molar-refractivity contribution in [3.8, 4) is 6.07 Å². The average molecular weight is 225 g/mol. The van der Waals surface area contributed by atoms with E-state index >= 15 is 0 Å². The van der Waals surface area contributed by atoms with Gasteiger partial charge in [0.2, 0.25) is 5.60 Å². The molecule has 1 saturated heterocycles. The summed E-state index contributed by atoms with van der Waals surface area (Å²) >= 11 is 1.61. The maximum atomic E-state index is 10.9. The minimum absolute atomic E-state index is 0.0796. The van der Waals surface area contributed by atoms with Gasteiger partial charge in [0.05, 0.1) is 6.10 Å². The minimum Gasteiger partial charge on any atom is -0.440 e. The van der Waals surface area contributed by atoms with Crippen LogP contribution in [0.2, 0.25) is 0 Å². The normalized spacial score (nSPS) is 37.3. The second kappa shape index (κ2) is 3.54. The number of hydrogen-bond donors (Lipinski definition) is 0. The zero-order valence-corrected chi connectivity index (χ0v) is 9.34. The summed E-state index contributed by atoms with van der Waals surface area (Å²) in [6.07, 6.45) is 3.81. The Morgan fingerprint density at radius 3 is 3.00 bits per heavy atom. The van der Waals surface area contributed by atoms with Crippen LogP contribution in [0, 0.1) is 11.3 Å². The van der Waals surface area contributed by atoms with Crippen LogP contribution in [0.25, 0.3) is 0 Å². The van der Waals surface area contributed by atoms with Crippen LogP contribution in [-0.2, 0) is 14.3 Å². The van der Waals surface area contributed by atoms with Gasteiger partial charge in [-0.3, -0.25) is 4.79 Å². The Morgan fingerprint density at radius 1 is 1.87 bits per heavy atom. The minimum atomic E-state index is -1.10. The Bertz CT molecular complexity index is 373. The topological polar surface area (TPSA) is 59.3 Å². The van der Waals surface area contributed by atoms with Gasteiger partial charge >= 0.3 is 5.97 Å². The van der Waals surface area contributed by atoms with E-state index in [2.05, 4.69) is 6.07 Å². The molecule has 2 heterocycles. The maximum Gasteiger partial charge on any atom is 0.304 e. The fourth-order valence-electron chi connectivity index (χ4n) is 2.01. The smallest absolute Gasteiger partial charge is 0.304 e. The quantitative estimate of drug-likeness (QED) is 0.661. The van der Waals surface area contributed by atoms with Crippen molar-refractivity contribution < 1.29 is 14.3 Å². The molecular formula is C10H11NO3S. The third-order valence-corrected chi connectivity index (χ3v) is 3.51.